The highest BCUT2D eigenvalue weighted by atomic mass is 79.9. The van der Waals surface area contributed by atoms with Gasteiger partial charge in [-0.05, 0) is 36.1 Å². The summed E-state index contributed by atoms with van der Waals surface area (Å²) in [6, 6.07) is 5.84. The number of aryl methyl sites for hydroxylation is 1. The summed E-state index contributed by atoms with van der Waals surface area (Å²) in [5.74, 6) is 0. The first kappa shape index (κ1) is 9.19. The Balaban J connectivity index is 2.52. The van der Waals surface area contributed by atoms with Gasteiger partial charge in [-0.2, -0.15) is 0 Å². The van der Waals surface area contributed by atoms with Gasteiger partial charge in [0.2, 0.25) is 0 Å². The molecule has 0 saturated heterocycles. The second kappa shape index (κ2) is 3.08. The molecule has 1 aromatic carbocycles. The maximum Gasteiger partial charge on any atom is 0.113 e. The fraction of sp³-hybridized carbons (Fsp3) is 0.400. The molecule has 70 valence electrons. The molecule has 0 fully saturated rings. The van der Waals surface area contributed by atoms with Crippen LogP contribution >= 0.6 is 15.9 Å². The summed E-state index contributed by atoms with van der Waals surface area (Å²) in [5, 5.41) is 19.1. The minimum Gasteiger partial charge on any atom is -0.393 e. The van der Waals surface area contributed by atoms with E-state index in [-0.39, 0.29) is 6.61 Å². The Kier molecular flexibility index (Phi) is 2.18. The summed E-state index contributed by atoms with van der Waals surface area (Å²) in [6.07, 6.45) is 1.47. The summed E-state index contributed by atoms with van der Waals surface area (Å²) in [6.45, 7) is -0.198. The molecule has 1 aromatic rings. The molecule has 2 rings (SSSR count). The van der Waals surface area contributed by atoms with Crippen molar-refractivity contribution in [2.45, 2.75) is 18.4 Å². The Morgan fingerprint density at radius 1 is 1.46 bits per heavy atom. The lowest BCUT2D eigenvalue weighted by atomic mass is 9.97. The number of hydrogen-bond acceptors (Lipinski definition) is 2. The molecule has 13 heavy (non-hydrogen) atoms. The topological polar surface area (TPSA) is 40.5 Å². The van der Waals surface area contributed by atoms with Gasteiger partial charge in [-0.3, -0.25) is 0 Å². The summed E-state index contributed by atoms with van der Waals surface area (Å²) < 4.78 is 0.944. The Hall–Kier alpha value is -0.380. The van der Waals surface area contributed by atoms with Crippen molar-refractivity contribution in [3.63, 3.8) is 0 Å². The van der Waals surface area contributed by atoms with Gasteiger partial charge in [-0.1, -0.05) is 22.0 Å². The molecule has 2 N–H and O–H groups in total. The van der Waals surface area contributed by atoms with Crippen molar-refractivity contribution in [1.82, 2.24) is 0 Å². The second-order valence-corrected chi connectivity index (χ2v) is 4.41. The average molecular weight is 243 g/mol. The third-order valence-electron chi connectivity index (χ3n) is 2.64. The number of aliphatic hydroxyl groups excluding tert-OH is 1. The molecule has 0 amide bonds. The summed E-state index contributed by atoms with van der Waals surface area (Å²) in [5.41, 5.74) is 0.989. The third-order valence-corrected chi connectivity index (χ3v) is 3.14. The molecule has 1 aliphatic rings. The van der Waals surface area contributed by atoms with Crippen LogP contribution < -0.4 is 0 Å². The van der Waals surface area contributed by atoms with Crippen LogP contribution in [-0.4, -0.2) is 16.8 Å². The normalized spacial score (nSPS) is 26.1. The van der Waals surface area contributed by atoms with Gasteiger partial charge in [-0.15, -0.1) is 0 Å². The Bertz CT molecular complexity index is 338. The summed E-state index contributed by atoms with van der Waals surface area (Å²) in [4.78, 5) is 0. The first-order valence-corrected chi connectivity index (χ1v) is 5.07. The second-order valence-electron chi connectivity index (χ2n) is 3.49. The van der Waals surface area contributed by atoms with Gasteiger partial charge in [-0.25, -0.2) is 0 Å². The lowest BCUT2D eigenvalue weighted by Gasteiger charge is -2.20. The van der Waals surface area contributed by atoms with Crippen molar-refractivity contribution in [3.05, 3.63) is 33.8 Å². The number of aliphatic hydroxyl groups is 2. The van der Waals surface area contributed by atoms with Gasteiger partial charge in [0.05, 0.1) is 6.61 Å². The van der Waals surface area contributed by atoms with Crippen LogP contribution in [0.5, 0.6) is 0 Å². The highest BCUT2D eigenvalue weighted by Crippen LogP contribution is 2.37. The quantitative estimate of drug-likeness (QED) is 0.786. The number of halogens is 1. The largest absolute Gasteiger partial charge is 0.393 e. The molecular weight excluding hydrogens is 232 g/mol. The minimum absolute atomic E-state index is 0.198. The van der Waals surface area contributed by atoms with Gasteiger partial charge in [0.1, 0.15) is 5.60 Å². The first-order valence-electron chi connectivity index (χ1n) is 4.28. The van der Waals surface area contributed by atoms with Gasteiger partial charge in [0.15, 0.2) is 0 Å². The molecule has 3 heteroatoms. The monoisotopic (exact) mass is 242 g/mol. The zero-order valence-corrected chi connectivity index (χ0v) is 8.71. The minimum atomic E-state index is -1.01. The van der Waals surface area contributed by atoms with E-state index >= 15 is 0 Å². The SMILES string of the molecule is OCC1(O)CCc2ccc(Br)cc21. The lowest BCUT2D eigenvalue weighted by Crippen LogP contribution is -2.26. The van der Waals surface area contributed by atoms with Crippen LogP contribution in [0.1, 0.15) is 17.5 Å². The molecule has 0 heterocycles. The lowest BCUT2D eigenvalue weighted by molar-refractivity contribution is -0.0172. The number of rotatable bonds is 1. The van der Waals surface area contributed by atoms with Gasteiger partial charge in [0.25, 0.3) is 0 Å². The number of fused-ring (bicyclic) bond motifs is 1. The van der Waals surface area contributed by atoms with E-state index in [2.05, 4.69) is 15.9 Å². The average Bonchev–Trinajstić information content (AvgIpc) is 2.45. The fourth-order valence-electron chi connectivity index (χ4n) is 1.84. The van der Waals surface area contributed by atoms with Gasteiger partial charge < -0.3 is 10.2 Å². The molecular formula is C10H11BrO2. The van der Waals surface area contributed by atoms with Crippen molar-refractivity contribution < 1.29 is 10.2 Å². The predicted molar refractivity (Wildman–Crippen MR) is 53.4 cm³/mol. The Labute approximate surface area is 85.3 Å². The molecule has 0 spiro atoms. The van der Waals surface area contributed by atoms with Crippen molar-refractivity contribution in [3.8, 4) is 0 Å². The maximum absolute atomic E-state index is 10.0. The van der Waals surface area contributed by atoms with Crippen LogP contribution in [0.4, 0.5) is 0 Å². The molecule has 0 aliphatic heterocycles. The highest BCUT2D eigenvalue weighted by Gasteiger charge is 2.35. The maximum atomic E-state index is 10.0. The van der Waals surface area contributed by atoms with Crippen LogP contribution in [0.15, 0.2) is 22.7 Å². The molecule has 0 aromatic heterocycles. The van der Waals surface area contributed by atoms with Gasteiger partial charge >= 0.3 is 0 Å². The molecule has 1 unspecified atom stereocenters. The van der Waals surface area contributed by atoms with Crippen molar-refractivity contribution in [1.29, 1.82) is 0 Å². The van der Waals surface area contributed by atoms with Crippen LogP contribution in [0.2, 0.25) is 0 Å². The molecule has 1 aliphatic carbocycles. The zero-order chi connectivity index (χ0) is 9.47. The van der Waals surface area contributed by atoms with E-state index in [4.69, 9.17) is 5.11 Å². The van der Waals surface area contributed by atoms with Crippen LogP contribution in [0, 0.1) is 0 Å². The molecule has 0 saturated carbocycles. The van der Waals surface area contributed by atoms with E-state index in [1.807, 2.05) is 18.2 Å². The molecule has 2 nitrogen and oxygen atoms in total. The zero-order valence-electron chi connectivity index (χ0n) is 7.13. The van der Waals surface area contributed by atoms with E-state index in [9.17, 15) is 5.11 Å². The number of benzene rings is 1. The van der Waals surface area contributed by atoms with Crippen molar-refractivity contribution >= 4 is 15.9 Å². The molecule has 0 bridgehead atoms. The van der Waals surface area contributed by atoms with Gasteiger partial charge in [0, 0.05) is 4.47 Å². The summed E-state index contributed by atoms with van der Waals surface area (Å²) >= 11 is 3.35. The first-order chi connectivity index (χ1) is 6.15. The van der Waals surface area contributed by atoms with Crippen LogP contribution in [0.3, 0.4) is 0 Å². The van der Waals surface area contributed by atoms with Crippen LogP contribution in [-0.2, 0) is 12.0 Å². The van der Waals surface area contributed by atoms with E-state index in [0.29, 0.717) is 6.42 Å². The van der Waals surface area contributed by atoms with Crippen LogP contribution in [0.25, 0.3) is 0 Å². The standard InChI is InChI=1S/C10H11BrO2/c11-8-2-1-7-3-4-10(13,6-12)9(7)5-8/h1-2,5,12-13H,3-4,6H2. The van der Waals surface area contributed by atoms with Crippen molar-refractivity contribution in [2.24, 2.45) is 0 Å². The predicted octanol–water partition coefficient (Wildman–Crippen LogP) is 1.58. The molecule has 1 atom stereocenters. The van der Waals surface area contributed by atoms with E-state index < -0.39 is 5.60 Å². The van der Waals surface area contributed by atoms with E-state index in [0.717, 1.165) is 22.0 Å². The van der Waals surface area contributed by atoms with Crippen molar-refractivity contribution in [2.75, 3.05) is 6.61 Å². The van der Waals surface area contributed by atoms with E-state index in [1.165, 1.54) is 0 Å². The number of hydrogen-bond donors (Lipinski definition) is 2. The highest BCUT2D eigenvalue weighted by molar-refractivity contribution is 9.10. The smallest absolute Gasteiger partial charge is 0.113 e. The summed E-state index contributed by atoms with van der Waals surface area (Å²) in [7, 11) is 0. The third kappa shape index (κ3) is 1.41. The Morgan fingerprint density at radius 3 is 2.92 bits per heavy atom. The Morgan fingerprint density at radius 2 is 2.23 bits per heavy atom. The van der Waals surface area contributed by atoms with E-state index in [1.54, 1.807) is 0 Å². The fourth-order valence-corrected chi connectivity index (χ4v) is 2.20. The molecule has 0 radical (unpaired) electrons.